The van der Waals surface area contributed by atoms with Crippen LogP contribution in [0.25, 0.3) is 11.1 Å². The molecule has 2 aromatic carbocycles. The topological polar surface area (TPSA) is 15.7 Å². The van der Waals surface area contributed by atoms with E-state index in [1.54, 1.807) is 0 Å². The Kier molecular flexibility index (Phi) is 6.41. The fourth-order valence-corrected chi connectivity index (χ4v) is 3.31. The van der Waals surface area contributed by atoms with Gasteiger partial charge < -0.3 is 4.74 Å². The summed E-state index contributed by atoms with van der Waals surface area (Å²) in [6.07, 6.45) is 0. The summed E-state index contributed by atoms with van der Waals surface area (Å²) >= 11 is 0. The van der Waals surface area contributed by atoms with E-state index in [-0.39, 0.29) is 0 Å². The van der Waals surface area contributed by atoms with Crippen LogP contribution in [0.2, 0.25) is 0 Å². The SMILES string of the molecule is CCOCCN1CCN(Cc2ccccc2-c2ccccc2)CC1. The standard InChI is InChI=1S/C21H28N2O/c1-2-24-17-16-22-12-14-23(15-13-22)18-20-10-6-7-11-21(20)19-8-4-3-5-9-19/h3-11H,2,12-18H2,1H3. The molecule has 0 unspecified atom stereocenters. The number of nitrogens with zero attached hydrogens (tertiary/aromatic N) is 2. The lowest BCUT2D eigenvalue weighted by Gasteiger charge is -2.35. The third-order valence-electron chi connectivity index (χ3n) is 4.72. The molecule has 1 aliphatic rings. The van der Waals surface area contributed by atoms with Gasteiger partial charge in [-0.05, 0) is 23.6 Å². The number of benzene rings is 2. The van der Waals surface area contributed by atoms with Gasteiger partial charge in [-0.3, -0.25) is 9.80 Å². The van der Waals surface area contributed by atoms with Gasteiger partial charge in [0.05, 0.1) is 6.61 Å². The van der Waals surface area contributed by atoms with E-state index >= 15 is 0 Å². The van der Waals surface area contributed by atoms with Crippen molar-refractivity contribution in [3.63, 3.8) is 0 Å². The summed E-state index contributed by atoms with van der Waals surface area (Å²) in [6.45, 7) is 10.4. The molecule has 0 atom stereocenters. The number of piperazine rings is 1. The summed E-state index contributed by atoms with van der Waals surface area (Å²) in [5, 5.41) is 0. The summed E-state index contributed by atoms with van der Waals surface area (Å²) in [5.41, 5.74) is 4.09. The van der Waals surface area contributed by atoms with Crippen LogP contribution in [0.15, 0.2) is 54.6 Å². The summed E-state index contributed by atoms with van der Waals surface area (Å²) in [6, 6.07) is 19.5. The minimum absolute atomic E-state index is 0.816. The largest absolute Gasteiger partial charge is 0.380 e. The van der Waals surface area contributed by atoms with E-state index in [0.717, 1.165) is 52.5 Å². The highest BCUT2D eigenvalue weighted by Gasteiger charge is 2.17. The van der Waals surface area contributed by atoms with Gasteiger partial charge in [-0.1, -0.05) is 54.6 Å². The average molecular weight is 324 g/mol. The molecule has 0 bridgehead atoms. The molecule has 3 rings (SSSR count). The Morgan fingerprint density at radius 3 is 2.25 bits per heavy atom. The summed E-state index contributed by atoms with van der Waals surface area (Å²) in [5.74, 6) is 0. The molecule has 0 aromatic heterocycles. The first-order valence-corrected chi connectivity index (χ1v) is 9.02. The summed E-state index contributed by atoms with van der Waals surface area (Å²) in [7, 11) is 0. The van der Waals surface area contributed by atoms with E-state index in [4.69, 9.17) is 4.74 Å². The molecule has 24 heavy (non-hydrogen) atoms. The molecule has 0 amide bonds. The van der Waals surface area contributed by atoms with Crippen LogP contribution in [0.5, 0.6) is 0 Å². The Bertz CT molecular complexity index is 606. The number of ether oxygens (including phenoxy) is 1. The van der Waals surface area contributed by atoms with Gasteiger partial charge in [0.2, 0.25) is 0 Å². The number of rotatable bonds is 7. The van der Waals surface area contributed by atoms with Crippen molar-refractivity contribution in [3.8, 4) is 11.1 Å². The van der Waals surface area contributed by atoms with Crippen molar-refractivity contribution in [3.05, 3.63) is 60.2 Å². The Labute approximate surface area is 145 Å². The zero-order valence-corrected chi connectivity index (χ0v) is 14.7. The second-order valence-electron chi connectivity index (χ2n) is 6.34. The van der Waals surface area contributed by atoms with Crippen LogP contribution < -0.4 is 0 Å². The lowest BCUT2D eigenvalue weighted by Crippen LogP contribution is -2.46. The Morgan fingerprint density at radius 2 is 1.50 bits per heavy atom. The predicted octanol–water partition coefficient (Wildman–Crippen LogP) is 3.51. The van der Waals surface area contributed by atoms with Crippen molar-refractivity contribution in [2.45, 2.75) is 13.5 Å². The Morgan fingerprint density at radius 1 is 0.833 bits per heavy atom. The van der Waals surface area contributed by atoms with Crippen LogP contribution in [0.3, 0.4) is 0 Å². The van der Waals surface area contributed by atoms with Gasteiger partial charge in [-0.25, -0.2) is 0 Å². The van der Waals surface area contributed by atoms with Gasteiger partial charge in [-0.15, -0.1) is 0 Å². The highest BCUT2D eigenvalue weighted by Crippen LogP contribution is 2.24. The average Bonchev–Trinajstić information content (AvgIpc) is 2.65. The van der Waals surface area contributed by atoms with E-state index in [1.165, 1.54) is 16.7 Å². The van der Waals surface area contributed by atoms with Gasteiger partial charge in [0.25, 0.3) is 0 Å². The lowest BCUT2D eigenvalue weighted by molar-refractivity contribution is 0.0786. The number of hydrogen-bond acceptors (Lipinski definition) is 3. The highest BCUT2D eigenvalue weighted by molar-refractivity contribution is 5.67. The van der Waals surface area contributed by atoms with Crippen molar-refractivity contribution < 1.29 is 4.74 Å². The van der Waals surface area contributed by atoms with E-state index in [0.29, 0.717) is 0 Å². The quantitative estimate of drug-likeness (QED) is 0.725. The van der Waals surface area contributed by atoms with Crippen LogP contribution in [0, 0.1) is 0 Å². The fourth-order valence-electron chi connectivity index (χ4n) is 3.31. The first kappa shape index (κ1) is 17.2. The Hall–Kier alpha value is -1.68. The monoisotopic (exact) mass is 324 g/mol. The van der Waals surface area contributed by atoms with E-state index in [1.807, 2.05) is 0 Å². The van der Waals surface area contributed by atoms with Crippen LogP contribution in [0.1, 0.15) is 12.5 Å². The van der Waals surface area contributed by atoms with Crippen molar-refractivity contribution in [2.75, 3.05) is 45.9 Å². The lowest BCUT2D eigenvalue weighted by atomic mass is 9.99. The third kappa shape index (κ3) is 4.67. The first-order chi connectivity index (χ1) is 11.9. The molecule has 0 radical (unpaired) electrons. The predicted molar refractivity (Wildman–Crippen MR) is 100 cm³/mol. The second-order valence-corrected chi connectivity index (χ2v) is 6.34. The molecule has 1 saturated heterocycles. The Balaban J connectivity index is 1.58. The minimum Gasteiger partial charge on any atom is -0.380 e. The normalized spacial score (nSPS) is 16.4. The molecular formula is C21H28N2O. The molecule has 3 nitrogen and oxygen atoms in total. The van der Waals surface area contributed by atoms with Crippen molar-refractivity contribution in [2.24, 2.45) is 0 Å². The minimum atomic E-state index is 0.816. The van der Waals surface area contributed by atoms with Gasteiger partial charge in [0, 0.05) is 45.9 Å². The molecular weight excluding hydrogens is 296 g/mol. The molecule has 1 aliphatic heterocycles. The van der Waals surface area contributed by atoms with Gasteiger partial charge >= 0.3 is 0 Å². The third-order valence-corrected chi connectivity index (χ3v) is 4.72. The molecule has 0 N–H and O–H groups in total. The molecule has 3 heteroatoms. The van der Waals surface area contributed by atoms with E-state index in [9.17, 15) is 0 Å². The van der Waals surface area contributed by atoms with Gasteiger partial charge in [0.1, 0.15) is 0 Å². The zero-order chi connectivity index (χ0) is 16.6. The highest BCUT2D eigenvalue weighted by atomic mass is 16.5. The maximum absolute atomic E-state index is 5.47. The van der Waals surface area contributed by atoms with Crippen molar-refractivity contribution >= 4 is 0 Å². The van der Waals surface area contributed by atoms with Crippen LogP contribution in [-0.2, 0) is 11.3 Å². The molecule has 2 aromatic rings. The molecule has 128 valence electrons. The molecule has 0 saturated carbocycles. The van der Waals surface area contributed by atoms with E-state index in [2.05, 4.69) is 71.3 Å². The maximum Gasteiger partial charge on any atom is 0.0593 e. The van der Waals surface area contributed by atoms with Gasteiger partial charge in [-0.2, -0.15) is 0 Å². The van der Waals surface area contributed by atoms with Crippen molar-refractivity contribution in [1.82, 2.24) is 9.80 Å². The zero-order valence-electron chi connectivity index (χ0n) is 14.7. The summed E-state index contributed by atoms with van der Waals surface area (Å²) < 4.78 is 5.47. The van der Waals surface area contributed by atoms with Crippen LogP contribution in [-0.4, -0.2) is 55.7 Å². The van der Waals surface area contributed by atoms with Crippen LogP contribution in [0.4, 0.5) is 0 Å². The second kappa shape index (κ2) is 8.97. The molecule has 1 heterocycles. The number of hydrogen-bond donors (Lipinski definition) is 0. The smallest absolute Gasteiger partial charge is 0.0593 e. The van der Waals surface area contributed by atoms with Crippen LogP contribution >= 0.6 is 0 Å². The fraction of sp³-hybridized carbons (Fsp3) is 0.429. The molecule has 1 fully saturated rings. The molecule has 0 spiro atoms. The first-order valence-electron chi connectivity index (χ1n) is 9.02. The maximum atomic E-state index is 5.47. The van der Waals surface area contributed by atoms with E-state index < -0.39 is 0 Å². The van der Waals surface area contributed by atoms with Gasteiger partial charge in [0.15, 0.2) is 0 Å². The molecule has 0 aliphatic carbocycles. The van der Waals surface area contributed by atoms with Crippen molar-refractivity contribution in [1.29, 1.82) is 0 Å². The summed E-state index contributed by atoms with van der Waals surface area (Å²) in [4.78, 5) is 5.08.